The molecule has 1 aromatic carbocycles. The largest absolute Gasteiger partial charge is 0.437 e. The molecule has 8 nitrogen and oxygen atoms in total. The van der Waals surface area contributed by atoms with Crippen molar-refractivity contribution in [2.75, 3.05) is 5.73 Å². The van der Waals surface area contributed by atoms with E-state index in [-0.39, 0.29) is 18.0 Å². The molecule has 1 saturated heterocycles. The average molecular weight is 464 g/mol. The number of anilines is 1. The van der Waals surface area contributed by atoms with Gasteiger partial charge in [0, 0.05) is 5.92 Å². The van der Waals surface area contributed by atoms with Crippen LogP contribution in [0, 0.1) is 17.4 Å². The van der Waals surface area contributed by atoms with Crippen LogP contribution in [0.2, 0.25) is 19.6 Å². The lowest BCUT2D eigenvalue weighted by molar-refractivity contribution is -0.0752. The first-order chi connectivity index (χ1) is 15.6. The Hall–Kier alpha value is -3.22. The van der Waals surface area contributed by atoms with E-state index in [4.69, 9.17) is 15.2 Å². The van der Waals surface area contributed by atoms with Crippen LogP contribution in [0.3, 0.4) is 0 Å². The van der Waals surface area contributed by atoms with Crippen molar-refractivity contribution in [3.8, 4) is 11.5 Å². The highest BCUT2D eigenvalue weighted by atomic mass is 28.3. The number of nitrogen functional groups attached to an aromatic ring is 1. The van der Waals surface area contributed by atoms with Gasteiger partial charge in [0.25, 0.3) is 0 Å². The van der Waals surface area contributed by atoms with Crippen molar-refractivity contribution in [3.05, 3.63) is 48.4 Å². The maximum Gasteiger partial charge on any atom is 0.339 e. The first kappa shape index (κ1) is 23.0. The lowest BCUT2D eigenvalue weighted by atomic mass is 9.85. The molecular weight excluding hydrogens is 434 g/mol. The van der Waals surface area contributed by atoms with Crippen molar-refractivity contribution in [2.45, 2.75) is 57.8 Å². The first-order valence-electron chi connectivity index (χ1n) is 11.1. The van der Waals surface area contributed by atoms with Gasteiger partial charge in [-0.25, -0.2) is 14.8 Å². The lowest BCUT2D eigenvalue weighted by Crippen LogP contribution is -2.45. The molecule has 33 heavy (non-hydrogen) atoms. The van der Waals surface area contributed by atoms with Crippen molar-refractivity contribution in [3.63, 3.8) is 0 Å². The quantitative estimate of drug-likeness (QED) is 0.356. The summed E-state index contributed by atoms with van der Waals surface area (Å²) in [6, 6.07) is 8.94. The summed E-state index contributed by atoms with van der Waals surface area (Å²) in [6.45, 7) is 10.5. The summed E-state index contributed by atoms with van der Waals surface area (Å²) in [7, 11) is -1.81. The molecule has 1 aliphatic rings. The normalized spacial score (nSPS) is 24.9. The van der Waals surface area contributed by atoms with Crippen LogP contribution in [0.1, 0.15) is 36.9 Å². The monoisotopic (exact) mass is 463 g/mol. The van der Waals surface area contributed by atoms with Crippen LogP contribution in [0.15, 0.2) is 42.9 Å². The van der Waals surface area contributed by atoms with E-state index < -0.39 is 25.9 Å². The van der Waals surface area contributed by atoms with Gasteiger partial charge in [-0.15, -0.1) is 5.54 Å². The second-order valence-electron chi connectivity index (χ2n) is 9.36. The Morgan fingerprint density at radius 2 is 2.00 bits per heavy atom. The van der Waals surface area contributed by atoms with E-state index in [1.807, 2.05) is 25.1 Å². The molecule has 4 rings (SSSR count). The van der Waals surface area contributed by atoms with Crippen LogP contribution in [-0.4, -0.2) is 45.3 Å². The topological polar surface area (TPSA) is 105 Å². The maximum atomic E-state index is 13.3. The van der Waals surface area contributed by atoms with Crippen LogP contribution >= 0.6 is 0 Å². The van der Waals surface area contributed by atoms with Gasteiger partial charge in [0.15, 0.2) is 11.9 Å². The highest BCUT2D eigenvalue weighted by Gasteiger charge is 2.58. The number of nitrogens with zero attached hydrogens (tertiary/aromatic N) is 4. The third-order valence-corrected chi connectivity index (χ3v) is 6.69. The number of carbonyl (C=O) groups excluding carboxylic acids is 1. The van der Waals surface area contributed by atoms with Gasteiger partial charge in [-0.2, -0.15) is 4.98 Å². The van der Waals surface area contributed by atoms with E-state index in [1.165, 1.54) is 0 Å². The third kappa shape index (κ3) is 4.36. The molecule has 9 heteroatoms. The predicted octanol–water partition coefficient (Wildman–Crippen LogP) is 3.83. The molecule has 0 radical (unpaired) electrons. The average Bonchev–Trinajstić information content (AvgIpc) is 3.31. The molecule has 4 atom stereocenters. The molecular formula is C24H29N5O3Si. The Kier molecular flexibility index (Phi) is 5.99. The zero-order valence-corrected chi connectivity index (χ0v) is 20.6. The van der Waals surface area contributed by atoms with Gasteiger partial charge in [0.1, 0.15) is 19.9 Å². The smallest absolute Gasteiger partial charge is 0.339 e. The van der Waals surface area contributed by atoms with Crippen LogP contribution in [-0.2, 0) is 9.47 Å². The van der Waals surface area contributed by atoms with Crippen LogP contribution in [0.25, 0.3) is 11.2 Å². The predicted molar refractivity (Wildman–Crippen MR) is 129 cm³/mol. The van der Waals surface area contributed by atoms with Gasteiger partial charge < -0.3 is 15.2 Å². The number of hydrogen-bond acceptors (Lipinski definition) is 7. The van der Waals surface area contributed by atoms with Crippen molar-refractivity contribution in [1.82, 2.24) is 19.5 Å². The fraction of sp³-hybridized carbons (Fsp3) is 0.417. The van der Waals surface area contributed by atoms with Gasteiger partial charge in [0.2, 0.25) is 11.5 Å². The van der Waals surface area contributed by atoms with Crippen molar-refractivity contribution in [1.29, 1.82) is 0 Å². The second kappa shape index (κ2) is 8.61. The van der Waals surface area contributed by atoms with Crippen molar-refractivity contribution < 1.29 is 14.3 Å². The minimum absolute atomic E-state index is 0.139. The van der Waals surface area contributed by atoms with E-state index in [0.717, 1.165) is 6.42 Å². The number of esters is 1. The third-order valence-electron chi connectivity index (χ3n) is 5.81. The summed E-state index contributed by atoms with van der Waals surface area (Å²) >= 11 is 0. The number of nitrogens with two attached hydrogens (primary N) is 1. The van der Waals surface area contributed by atoms with Gasteiger partial charge in [-0.3, -0.25) is 4.57 Å². The standard InChI is InChI=1S/C24H29N5O3Si/c1-6-19-16(2)24(12-13-33(3,4)5,32-21(30)17-10-8-7-9-11-17)22(31-19)29-15-27-20-18(29)14-26-23(25)28-20/h7-11,14-16,19,22H,6H2,1-5H3,(H2,25,26,28)/t16-,19-,22?,24-/m1/s1. The highest BCUT2D eigenvalue weighted by molar-refractivity contribution is 6.83. The summed E-state index contributed by atoms with van der Waals surface area (Å²) in [6.07, 6.45) is 3.09. The molecule has 0 saturated carbocycles. The Balaban J connectivity index is 1.89. The van der Waals surface area contributed by atoms with Gasteiger partial charge in [0.05, 0.1) is 17.9 Å². The molecule has 3 heterocycles. The molecule has 0 bridgehead atoms. The van der Waals surface area contributed by atoms with Crippen LogP contribution in [0.4, 0.5) is 5.95 Å². The molecule has 172 valence electrons. The maximum absolute atomic E-state index is 13.3. The van der Waals surface area contributed by atoms with E-state index in [1.54, 1.807) is 29.2 Å². The van der Waals surface area contributed by atoms with Gasteiger partial charge >= 0.3 is 5.97 Å². The number of benzene rings is 1. The number of hydrogen-bond donors (Lipinski definition) is 1. The highest BCUT2D eigenvalue weighted by Crippen LogP contribution is 2.47. The fourth-order valence-electron chi connectivity index (χ4n) is 4.05. The van der Waals surface area contributed by atoms with E-state index in [2.05, 4.69) is 53.0 Å². The second-order valence-corrected chi connectivity index (χ2v) is 14.1. The number of ether oxygens (including phenoxy) is 2. The summed E-state index contributed by atoms with van der Waals surface area (Å²) in [5, 5.41) is 0. The lowest BCUT2D eigenvalue weighted by Gasteiger charge is -2.33. The Morgan fingerprint density at radius 1 is 1.27 bits per heavy atom. The molecule has 1 unspecified atom stereocenters. The molecule has 2 aromatic heterocycles. The van der Waals surface area contributed by atoms with Gasteiger partial charge in [-0.1, -0.05) is 57.6 Å². The number of aromatic nitrogens is 4. The summed E-state index contributed by atoms with van der Waals surface area (Å²) in [5.74, 6) is 2.91. The SMILES string of the molecule is CC[C@H]1OC(n2cnc3nc(N)ncc32)[C@](C#C[Si](C)(C)C)(OC(=O)c2ccccc2)[C@@H]1C. The van der Waals surface area contributed by atoms with Crippen molar-refractivity contribution in [2.24, 2.45) is 5.92 Å². The van der Waals surface area contributed by atoms with E-state index in [0.29, 0.717) is 16.7 Å². The number of fused-ring (bicyclic) bond motifs is 1. The fourth-order valence-corrected chi connectivity index (χ4v) is 4.62. The number of carbonyl (C=O) groups is 1. The molecule has 0 spiro atoms. The first-order valence-corrected chi connectivity index (χ1v) is 14.6. The minimum atomic E-state index is -1.81. The zero-order valence-electron chi connectivity index (χ0n) is 19.6. The summed E-state index contributed by atoms with van der Waals surface area (Å²) in [5.41, 5.74) is 9.49. The number of imidazole rings is 1. The minimum Gasteiger partial charge on any atom is -0.437 e. The Morgan fingerprint density at radius 3 is 2.67 bits per heavy atom. The number of rotatable bonds is 4. The zero-order chi connectivity index (χ0) is 23.8. The molecule has 3 aromatic rings. The van der Waals surface area contributed by atoms with Gasteiger partial charge in [-0.05, 0) is 18.6 Å². The summed E-state index contributed by atoms with van der Waals surface area (Å²) in [4.78, 5) is 26.0. The Bertz CT molecular complexity index is 1230. The Labute approximate surface area is 194 Å². The molecule has 0 aliphatic carbocycles. The molecule has 1 fully saturated rings. The van der Waals surface area contributed by atoms with Crippen molar-refractivity contribution >= 4 is 31.2 Å². The van der Waals surface area contributed by atoms with E-state index in [9.17, 15) is 4.79 Å². The van der Waals surface area contributed by atoms with Crippen LogP contribution < -0.4 is 5.73 Å². The summed E-state index contributed by atoms with van der Waals surface area (Å²) < 4.78 is 14.6. The van der Waals surface area contributed by atoms with E-state index >= 15 is 0 Å². The molecule has 0 amide bonds. The molecule has 1 aliphatic heterocycles. The molecule has 2 N–H and O–H groups in total. The van der Waals surface area contributed by atoms with Crippen LogP contribution in [0.5, 0.6) is 0 Å².